The van der Waals surface area contributed by atoms with Crippen LogP contribution >= 0.6 is 22.7 Å². The summed E-state index contributed by atoms with van der Waals surface area (Å²) in [6.07, 6.45) is 2.59. The average Bonchev–Trinajstić information content (AvgIpc) is 2.97. The van der Waals surface area contributed by atoms with Gasteiger partial charge in [0.1, 0.15) is 11.4 Å². The van der Waals surface area contributed by atoms with Gasteiger partial charge >= 0.3 is 0 Å². The van der Waals surface area contributed by atoms with Crippen molar-refractivity contribution in [3.8, 4) is 11.4 Å². The van der Waals surface area contributed by atoms with E-state index in [0.29, 0.717) is 5.13 Å². The summed E-state index contributed by atoms with van der Waals surface area (Å²) >= 11 is 3.16. The first-order valence-electron chi connectivity index (χ1n) is 6.14. The molecule has 1 saturated heterocycles. The van der Waals surface area contributed by atoms with Gasteiger partial charge in [-0.15, -0.1) is 22.7 Å². The highest BCUT2D eigenvalue weighted by molar-refractivity contribution is 7.14. The summed E-state index contributed by atoms with van der Waals surface area (Å²) in [5.74, 6) is 0.765. The highest BCUT2D eigenvalue weighted by atomic mass is 32.1. The Bertz CT molecular complexity index is 534. The molecule has 0 aromatic carbocycles. The van der Waals surface area contributed by atoms with Crippen molar-refractivity contribution in [2.24, 2.45) is 5.92 Å². The first-order valence-corrected chi connectivity index (χ1v) is 7.90. The zero-order valence-corrected chi connectivity index (χ0v) is 11.9. The van der Waals surface area contributed by atoms with Crippen LogP contribution in [0.25, 0.3) is 11.4 Å². The maximum absolute atomic E-state index is 5.66. The normalized spacial score (nSPS) is 20.3. The summed E-state index contributed by atoms with van der Waals surface area (Å²) in [7, 11) is 0. The van der Waals surface area contributed by atoms with Gasteiger partial charge < -0.3 is 10.6 Å². The number of nitrogen functional groups attached to an aromatic ring is 1. The molecule has 96 valence electrons. The third-order valence-electron chi connectivity index (χ3n) is 3.20. The van der Waals surface area contributed by atoms with Crippen molar-refractivity contribution in [2.45, 2.75) is 19.8 Å². The second-order valence-electron chi connectivity index (χ2n) is 4.78. The van der Waals surface area contributed by atoms with E-state index < -0.39 is 0 Å². The second kappa shape index (κ2) is 4.85. The zero-order chi connectivity index (χ0) is 12.5. The summed E-state index contributed by atoms with van der Waals surface area (Å²) in [4.78, 5) is 11.3. The zero-order valence-electron chi connectivity index (χ0n) is 10.3. The third kappa shape index (κ3) is 2.35. The summed E-state index contributed by atoms with van der Waals surface area (Å²) in [5, 5.41) is 5.75. The van der Waals surface area contributed by atoms with Gasteiger partial charge in [0.2, 0.25) is 0 Å². The molecule has 0 saturated carbocycles. The molecule has 1 unspecified atom stereocenters. The number of hydrogen-bond acceptors (Lipinski definition) is 6. The van der Waals surface area contributed by atoms with Gasteiger partial charge in [0.05, 0.1) is 0 Å². The summed E-state index contributed by atoms with van der Waals surface area (Å²) in [6.45, 7) is 4.55. The predicted octanol–water partition coefficient (Wildman–Crippen LogP) is 3.09. The Morgan fingerprint density at radius 2 is 2.06 bits per heavy atom. The standard InChI is InChI=1S/C12H16N4S2/c1-8-3-2-4-16(5-8)12-15-10(7-18-12)9-6-17-11(13)14-9/h6-8H,2-5H2,1H3,(H2,13,14). The predicted molar refractivity (Wildman–Crippen MR) is 78.2 cm³/mol. The monoisotopic (exact) mass is 280 g/mol. The van der Waals surface area contributed by atoms with E-state index in [1.54, 1.807) is 11.3 Å². The van der Waals surface area contributed by atoms with Gasteiger partial charge in [-0.25, -0.2) is 9.97 Å². The van der Waals surface area contributed by atoms with E-state index in [4.69, 9.17) is 5.73 Å². The van der Waals surface area contributed by atoms with Gasteiger partial charge in [-0.2, -0.15) is 0 Å². The van der Waals surface area contributed by atoms with Crippen LogP contribution in [-0.2, 0) is 0 Å². The first-order chi connectivity index (χ1) is 8.72. The fourth-order valence-corrected chi connectivity index (χ4v) is 3.71. The molecule has 3 rings (SSSR count). The number of nitrogens with two attached hydrogens (primary N) is 1. The maximum atomic E-state index is 5.66. The molecule has 0 spiro atoms. The highest BCUT2D eigenvalue weighted by Crippen LogP contribution is 2.31. The minimum atomic E-state index is 0.603. The molecule has 2 aromatic heterocycles. The van der Waals surface area contributed by atoms with Crippen molar-refractivity contribution in [3.05, 3.63) is 10.8 Å². The minimum absolute atomic E-state index is 0.603. The topological polar surface area (TPSA) is 55.0 Å². The van der Waals surface area contributed by atoms with Crippen LogP contribution in [0.2, 0.25) is 0 Å². The number of aromatic nitrogens is 2. The molecule has 1 aliphatic heterocycles. The fourth-order valence-electron chi connectivity index (χ4n) is 2.30. The SMILES string of the molecule is CC1CCCN(c2nc(-c3csc(N)n3)cs2)C1. The van der Waals surface area contributed by atoms with Gasteiger partial charge in [-0.1, -0.05) is 6.92 Å². The second-order valence-corrected chi connectivity index (χ2v) is 6.51. The summed E-state index contributed by atoms with van der Waals surface area (Å²) < 4.78 is 0. The number of rotatable bonds is 2. The van der Waals surface area contributed by atoms with Gasteiger partial charge in [-0.3, -0.25) is 0 Å². The summed E-state index contributed by atoms with van der Waals surface area (Å²) in [6, 6.07) is 0. The van der Waals surface area contributed by atoms with Crippen LogP contribution in [0.5, 0.6) is 0 Å². The van der Waals surface area contributed by atoms with Crippen LogP contribution in [0.1, 0.15) is 19.8 Å². The molecule has 0 aliphatic carbocycles. The average molecular weight is 280 g/mol. The molecule has 2 aromatic rings. The molecule has 1 aliphatic rings. The Morgan fingerprint density at radius 3 is 2.78 bits per heavy atom. The van der Waals surface area contributed by atoms with Crippen LogP contribution in [0.3, 0.4) is 0 Å². The van der Waals surface area contributed by atoms with E-state index >= 15 is 0 Å². The Balaban J connectivity index is 1.80. The van der Waals surface area contributed by atoms with E-state index in [1.807, 2.05) is 5.38 Å². The number of piperidine rings is 1. The van der Waals surface area contributed by atoms with Crippen molar-refractivity contribution in [1.29, 1.82) is 0 Å². The van der Waals surface area contributed by atoms with Gasteiger partial charge in [0.25, 0.3) is 0 Å². The molecule has 4 nitrogen and oxygen atoms in total. The van der Waals surface area contributed by atoms with Gasteiger partial charge in [0.15, 0.2) is 10.3 Å². The molecular formula is C12H16N4S2. The lowest BCUT2D eigenvalue weighted by Crippen LogP contribution is -2.34. The molecule has 2 N–H and O–H groups in total. The summed E-state index contributed by atoms with van der Waals surface area (Å²) in [5.41, 5.74) is 7.50. The van der Waals surface area contributed by atoms with Crippen LogP contribution in [-0.4, -0.2) is 23.1 Å². The maximum Gasteiger partial charge on any atom is 0.185 e. The van der Waals surface area contributed by atoms with Crippen LogP contribution in [0.4, 0.5) is 10.3 Å². The lowest BCUT2D eigenvalue weighted by molar-refractivity contribution is 0.446. The molecule has 1 fully saturated rings. The lowest BCUT2D eigenvalue weighted by atomic mass is 10.0. The lowest BCUT2D eigenvalue weighted by Gasteiger charge is -2.30. The smallest absolute Gasteiger partial charge is 0.185 e. The molecule has 3 heterocycles. The third-order valence-corrected chi connectivity index (χ3v) is 4.78. The van der Waals surface area contributed by atoms with Crippen molar-refractivity contribution >= 4 is 32.9 Å². The van der Waals surface area contributed by atoms with Gasteiger partial charge in [-0.05, 0) is 18.8 Å². The number of nitrogens with zero attached hydrogens (tertiary/aromatic N) is 3. The molecule has 0 bridgehead atoms. The van der Waals surface area contributed by atoms with Crippen molar-refractivity contribution in [3.63, 3.8) is 0 Å². The van der Waals surface area contributed by atoms with E-state index in [9.17, 15) is 0 Å². The van der Waals surface area contributed by atoms with Crippen molar-refractivity contribution in [1.82, 2.24) is 9.97 Å². The Labute approximate surface area is 114 Å². The number of hydrogen-bond donors (Lipinski definition) is 1. The minimum Gasteiger partial charge on any atom is -0.375 e. The molecule has 6 heteroatoms. The molecule has 1 atom stereocenters. The van der Waals surface area contributed by atoms with Crippen LogP contribution < -0.4 is 10.6 Å². The van der Waals surface area contributed by atoms with E-state index in [-0.39, 0.29) is 0 Å². The molecular weight excluding hydrogens is 264 g/mol. The molecule has 18 heavy (non-hydrogen) atoms. The number of anilines is 2. The fraction of sp³-hybridized carbons (Fsp3) is 0.500. The van der Waals surface area contributed by atoms with E-state index in [0.717, 1.165) is 35.5 Å². The highest BCUT2D eigenvalue weighted by Gasteiger charge is 2.19. The Hall–Kier alpha value is -1.14. The number of thiazole rings is 2. The Kier molecular flexibility index (Phi) is 3.22. The van der Waals surface area contributed by atoms with Crippen LogP contribution in [0.15, 0.2) is 10.8 Å². The quantitative estimate of drug-likeness (QED) is 0.918. The van der Waals surface area contributed by atoms with Crippen molar-refractivity contribution < 1.29 is 0 Å². The molecule has 0 amide bonds. The van der Waals surface area contributed by atoms with Crippen molar-refractivity contribution in [2.75, 3.05) is 23.7 Å². The van der Waals surface area contributed by atoms with Crippen LogP contribution in [0, 0.1) is 5.92 Å². The molecule has 0 radical (unpaired) electrons. The van der Waals surface area contributed by atoms with E-state index in [2.05, 4.69) is 27.2 Å². The first kappa shape index (κ1) is 11.9. The Morgan fingerprint density at radius 1 is 1.28 bits per heavy atom. The largest absolute Gasteiger partial charge is 0.375 e. The van der Waals surface area contributed by atoms with Gasteiger partial charge in [0, 0.05) is 23.8 Å². The van der Waals surface area contributed by atoms with E-state index in [1.165, 1.54) is 24.2 Å².